The maximum atomic E-state index is 13.5. The molecule has 4 aromatic rings. The Morgan fingerprint density at radius 1 is 1.15 bits per heavy atom. The fourth-order valence-electron chi connectivity index (χ4n) is 4.32. The first-order valence-electron chi connectivity index (χ1n) is 11.4. The number of carbonyl (C=O) groups is 1. The predicted octanol–water partition coefficient (Wildman–Crippen LogP) is 3.84. The van der Waals surface area contributed by atoms with Crippen molar-refractivity contribution in [2.45, 2.75) is 20.0 Å². The summed E-state index contributed by atoms with van der Waals surface area (Å²) in [6.45, 7) is 4.24. The molecule has 0 N–H and O–H groups in total. The van der Waals surface area contributed by atoms with Crippen molar-refractivity contribution in [3.63, 3.8) is 0 Å². The van der Waals surface area contributed by atoms with Crippen LogP contribution >= 0.6 is 0 Å². The molecule has 0 radical (unpaired) electrons. The summed E-state index contributed by atoms with van der Waals surface area (Å²) in [7, 11) is 0. The molecule has 0 saturated carbocycles. The average molecular weight is 459 g/mol. The maximum absolute atomic E-state index is 13.5. The fraction of sp³-hybridized carbons (Fsp3) is 0.308. The molecule has 1 aliphatic rings. The van der Waals surface area contributed by atoms with E-state index in [-0.39, 0.29) is 18.4 Å². The Bertz CT molecular complexity index is 1280. The molecule has 1 saturated heterocycles. The van der Waals surface area contributed by atoms with E-state index in [4.69, 9.17) is 14.1 Å². The van der Waals surface area contributed by atoms with E-state index in [1.54, 1.807) is 25.3 Å². The first-order valence-corrected chi connectivity index (χ1v) is 11.4. The normalized spacial score (nSPS) is 16.4. The van der Waals surface area contributed by atoms with Gasteiger partial charge in [0.2, 0.25) is 0 Å². The molecule has 1 unspecified atom stereocenters. The smallest absolute Gasteiger partial charge is 0.257 e. The molecule has 2 aromatic carbocycles. The minimum Gasteiger partial charge on any atom is -0.486 e. The number of benzene rings is 2. The van der Waals surface area contributed by atoms with Crippen LogP contribution < -0.4 is 4.74 Å². The minimum atomic E-state index is -0.0688. The quantitative estimate of drug-likeness (QED) is 0.434. The van der Waals surface area contributed by atoms with E-state index in [2.05, 4.69) is 33.5 Å². The van der Waals surface area contributed by atoms with Crippen molar-refractivity contribution in [2.75, 3.05) is 26.3 Å². The Morgan fingerprint density at radius 3 is 2.94 bits per heavy atom. The lowest BCUT2D eigenvalue weighted by Gasteiger charge is -2.25. The van der Waals surface area contributed by atoms with E-state index < -0.39 is 0 Å². The lowest BCUT2D eigenvalue weighted by molar-refractivity contribution is 0.0732. The average Bonchev–Trinajstić information content (AvgIpc) is 3.14. The molecule has 8 heteroatoms. The molecule has 174 valence electrons. The number of para-hydroxylation sites is 1. The number of aromatic nitrogens is 3. The molecule has 1 fully saturated rings. The minimum absolute atomic E-state index is 0.0688. The van der Waals surface area contributed by atoms with Crippen LogP contribution in [-0.2, 0) is 17.8 Å². The summed E-state index contributed by atoms with van der Waals surface area (Å²) in [6.07, 6.45) is 4.52. The molecule has 1 amide bonds. The van der Waals surface area contributed by atoms with Gasteiger partial charge in [0.15, 0.2) is 0 Å². The number of rotatable bonds is 6. The number of nitrogens with zero attached hydrogens (tertiary/aromatic N) is 4. The SMILES string of the molecule is Cc1nonc1COc1ccccc1C(=O)N1CCOCC(Cc2cccc3ccncc23)C1. The molecule has 5 rings (SSSR count). The largest absolute Gasteiger partial charge is 0.486 e. The van der Waals surface area contributed by atoms with Gasteiger partial charge < -0.3 is 14.4 Å². The topological polar surface area (TPSA) is 90.6 Å². The molecule has 0 spiro atoms. The molecule has 1 atom stereocenters. The summed E-state index contributed by atoms with van der Waals surface area (Å²) >= 11 is 0. The van der Waals surface area contributed by atoms with Crippen molar-refractivity contribution in [3.8, 4) is 5.75 Å². The van der Waals surface area contributed by atoms with E-state index in [1.165, 1.54) is 10.9 Å². The molecule has 8 nitrogen and oxygen atoms in total. The van der Waals surface area contributed by atoms with Gasteiger partial charge in [-0.1, -0.05) is 40.6 Å². The molecule has 0 bridgehead atoms. The number of aryl methyl sites for hydroxylation is 1. The van der Waals surface area contributed by atoms with Crippen molar-refractivity contribution in [3.05, 3.63) is 83.4 Å². The zero-order valence-electron chi connectivity index (χ0n) is 19.0. The Hall–Kier alpha value is -3.78. The van der Waals surface area contributed by atoms with E-state index in [0.717, 1.165) is 11.8 Å². The third kappa shape index (κ3) is 4.77. The summed E-state index contributed by atoms with van der Waals surface area (Å²) in [5, 5.41) is 9.93. The molecule has 3 heterocycles. The second-order valence-electron chi connectivity index (χ2n) is 8.49. The van der Waals surface area contributed by atoms with Crippen molar-refractivity contribution in [1.82, 2.24) is 20.2 Å². The second-order valence-corrected chi connectivity index (χ2v) is 8.49. The van der Waals surface area contributed by atoms with Crippen molar-refractivity contribution in [1.29, 1.82) is 0 Å². The van der Waals surface area contributed by atoms with Gasteiger partial charge in [-0.15, -0.1) is 0 Å². The monoisotopic (exact) mass is 458 g/mol. The van der Waals surface area contributed by atoms with E-state index >= 15 is 0 Å². The van der Waals surface area contributed by atoms with Crippen LogP contribution in [0, 0.1) is 12.8 Å². The number of carbonyl (C=O) groups excluding carboxylic acids is 1. The third-order valence-electron chi connectivity index (χ3n) is 6.14. The van der Waals surface area contributed by atoms with Crippen LogP contribution in [-0.4, -0.2) is 52.4 Å². The second kappa shape index (κ2) is 10.0. The van der Waals surface area contributed by atoms with Gasteiger partial charge in [-0.25, -0.2) is 4.63 Å². The number of hydrogen-bond donors (Lipinski definition) is 0. The van der Waals surface area contributed by atoms with Gasteiger partial charge in [0, 0.05) is 36.8 Å². The fourth-order valence-corrected chi connectivity index (χ4v) is 4.32. The highest BCUT2D eigenvalue weighted by molar-refractivity contribution is 5.97. The zero-order valence-corrected chi connectivity index (χ0v) is 19.0. The Morgan fingerprint density at radius 2 is 2.06 bits per heavy atom. The molecule has 0 aliphatic carbocycles. The third-order valence-corrected chi connectivity index (χ3v) is 6.14. The lowest BCUT2D eigenvalue weighted by atomic mass is 9.95. The van der Waals surface area contributed by atoms with Gasteiger partial charge in [-0.2, -0.15) is 0 Å². The summed E-state index contributed by atoms with van der Waals surface area (Å²) in [5.41, 5.74) is 3.01. The maximum Gasteiger partial charge on any atom is 0.257 e. The zero-order chi connectivity index (χ0) is 23.3. The molecular weight excluding hydrogens is 432 g/mol. The van der Waals surface area contributed by atoms with E-state index in [1.807, 2.05) is 29.3 Å². The standard InChI is InChI=1S/C26H26N4O4/c1-18-24(29-34-28-18)17-33-25-8-3-2-7-22(25)26(31)30-11-12-32-16-19(15-30)13-21-6-4-5-20-9-10-27-14-23(20)21/h2-10,14,19H,11-13,15-17H2,1H3. The van der Waals surface area contributed by atoms with Crippen LogP contribution in [0.5, 0.6) is 5.75 Å². The first kappa shape index (κ1) is 22.0. The van der Waals surface area contributed by atoms with Crippen LogP contribution in [0.2, 0.25) is 0 Å². The predicted molar refractivity (Wildman–Crippen MR) is 125 cm³/mol. The van der Waals surface area contributed by atoms with E-state index in [0.29, 0.717) is 49.0 Å². The van der Waals surface area contributed by atoms with Crippen molar-refractivity contribution >= 4 is 16.7 Å². The van der Waals surface area contributed by atoms with Gasteiger partial charge >= 0.3 is 0 Å². The summed E-state index contributed by atoms with van der Waals surface area (Å²) < 4.78 is 16.5. The highest BCUT2D eigenvalue weighted by Crippen LogP contribution is 2.25. The van der Waals surface area contributed by atoms with Crippen LogP contribution in [0.15, 0.2) is 65.6 Å². The van der Waals surface area contributed by atoms with Gasteiger partial charge in [0.05, 0.1) is 18.8 Å². The Balaban J connectivity index is 1.32. The summed E-state index contributed by atoms with van der Waals surface area (Å²) in [4.78, 5) is 19.7. The molecule has 34 heavy (non-hydrogen) atoms. The van der Waals surface area contributed by atoms with Crippen LogP contribution in [0.25, 0.3) is 10.8 Å². The van der Waals surface area contributed by atoms with Crippen LogP contribution in [0.4, 0.5) is 0 Å². The highest BCUT2D eigenvalue weighted by Gasteiger charge is 2.26. The van der Waals surface area contributed by atoms with Crippen molar-refractivity contribution < 1.29 is 18.9 Å². The van der Waals surface area contributed by atoms with Gasteiger partial charge in [-0.3, -0.25) is 9.78 Å². The first-order chi connectivity index (χ1) is 16.7. The number of fused-ring (bicyclic) bond motifs is 1. The van der Waals surface area contributed by atoms with Crippen LogP contribution in [0.1, 0.15) is 27.3 Å². The van der Waals surface area contributed by atoms with Crippen molar-refractivity contribution in [2.24, 2.45) is 5.92 Å². The van der Waals surface area contributed by atoms with Crippen LogP contribution in [0.3, 0.4) is 0 Å². The molecular formula is C26H26N4O4. The van der Waals surface area contributed by atoms with Gasteiger partial charge in [0.1, 0.15) is 23.7 Å². The van der Waals surface area contributed by atoms with Gasteiger partial charge in [-0.05, 0) is 42.5 Å². The molecule has 2 aromatic heterocycles. The number of hydrogen-bond acceptors (Lipinski definition) is 7. The Labute approximate surface area is 197 Å². The van der Waals surface area contributed by atoms with E-state index in [9.17, 15) is 4.79 Å². The summed E-state index contributed by atoms with van der Waals surface area (Å²) in [5.74, 6) is 0.617. The Kier molecular flexibility index (Phi) is 6.49. The highest BCUT2D eigenvalue weighted by atomic mass is 16.6. The number of pyridine rings is 1. The summed E-state index contributed by atoms with van der Waals surface area (Å²) in [6, 6.07) is 15.6. The van der Waals surface area contributed by atoms with Gasteiger partial charge in [0.25, 0.3) is 5.91 Å². The lowest BCUT2D eigenvalue weighted by Crippen LogP contribution is -2.36. The molecule has 1 aliphatic heterocycles. The number of amides is 1. The number of ether oxygens (including phenoxy) is 2.